The standard InChI is InChI=1S/C11H21N3O/c1-12-11(15)14-8-4-10(5-9-14)13-6-2-3-7-13/h10H,2-9H2,1H3,(H,12,15). The zero-order valence-electron chi connectivity index (χ0n) is 9.54. The van der Waals surface area contributed by atoms with E-state index in [2.05, 4.69) is 10.2 Å². The van der Waals surface area contributed by atoms with Crippen LogP contribution in [0.3, 0.4) is 0 Å². The zero-order valence-corrected chi connectivity index (χ0v) is 9.54. The fraction of sp³-hybridized carbons (Fsp3) is 0.909. The van der Waals surface area contributed by atoms with Gasteiger partial charge in [-0.05, 0) is 38.8 Å². The molecule has 2 saturated heterocycles. The van der Waals surface area contributed by atoms with E-state index in [-0.39, 0.29) is 6.03 Å². The summed E-state index contributed by atoms with van der Waals surface area (Å²) in [5, 5.41) is 2.69. The lowest BCUT2D eigenvalue weighted by molar-refractivity contribution is 0.135. The summed E-state index contributed by atoms with van der Waals surface area (Å²) in [5.74, 6) is 0. The molecule has 2 fully saturated rings. The van der Waals surface area contributed by atoms with Crippen LogP contribution < -0.4 is 5.32 Å². The molecule has 2 aliphatic heterocycles. The van der Waals surface area contributed by atoms with Crippen LogP contribution in [0.5, 0.6) is 0 Å². The predicted molar refractivity (Wildman–Crippen MR) is 59.9 cm³/mol. The molecule has 0 aliphatic carbocycles. The second-order valence-corrected chi connectivity index (χ2v) is 4.52. The van der Waals surface area contributed by atoms with Gasteiger partial charge in [0.25, 0.3) is 0 Å². The van der Waals surface area contributed by atoms with E-state index < -0.39 is 0 Å². The molecule has 4 heteroatoms. The van der Waals surface area contributed by atoms with E-state index >= 15 is 0 Å². The van der Waals surface area contributed by atoms with E-state index in [0.717, 1.165) is 32.0 Å². The van der Waals surface area contributed by atoms with Gasteiger partial charge in [0.15, 0.2) is 0 Å². The van der Waals surface area contributed by atoms with Gasteiger partial charge in [-0.2, -0.15) is 0 Å². The fourth-order valence-electron chi connectivity index (χ4n) is 2.70. The lowest BCUT2D eigenvalue weighted by Gasteiger charge is -2.36. The lowest BCUT2D eigenvalue weighted by atomic mass is 10.0. The Morgan fingerprint density at radius 2 is 1.73 bits per heavy atom. The maximum absolute atomic E-state index is 11.4. The third kappa shape index (κ3) is 2.43. The number of hydrogen-bond acceptors (Lipinski definition) is 2. The number of carbonyl (C=O) groups is 1. The van der Waals surface area contributed by atoms with Gasteiger partial charge in [-0.15, -0.1) is 0 Å². The van der Waals surface area contributed by atoms with Crippen LogP contribution in [0.4, 0.5) is 4.79 Å². The van der Waals surface area contributed by atoms with Crippen molar-refractivity contribution in [2.45, 2.75) is 31.7 Å². The molecule has 0 aromatic rings. The maximum Gasteiger partial charge on any atom is 0.317 e. The Balaban J connectivity index is 1.78. The molecule has 2 amide bonds. The van der Waals surface area contributed by atoms with E-state index in [0.29, 0.717) is 0 Å². The quantitative estimate of drug-likeness (QED) is 0.699. The number of rotatable bonds is 1. The molecule has 0 bridgehead atoms. The van der Waals surface area contributed by atoms with Crippen molar-refractivity contribution >= 4 is 6.03 Å². The average Bonchev–Trinajstić information content (AvgIpc) is 2.82. The number of nitrogens with zero attached hydrogens (tertiary/aromatic N) is 2. The first-order valence-corrected chi connectivity index (χ1v) is 6.02. The number of likely N-dealkylation sites (tertiary alicyclic amines) is 2. The number of nitrogens with one attached hydrogen (secondary N) is 1. The highest BCUT2D eigenvalue weighted by molar-refractivity contribution is 5.73. The third-order valence-corrected chi connectivity index (χ3v) is 3.62. The Bertz CT molecular complexity index is 218. The molecule has 86 valence electrons. The minimum absolute atomic E-state index is 0.0786. The summed E-state index contributed by atoms with van der Waals surface area (Å²) in [5.41, 5.74) is 0. The summed E-state index contributed by atoms with van der Waals surface area (Å²) >= 11 is 0. The highest BCUT2D eigenvalue weighted by atomic mass is 16.2. The molecule has 15 heavy (non-hydrogen) atoms. The lowest BCUT2D eigenvalue weighted by Crippen LogP contribution is -2.48. The highest BCUT2D eigenvalue weighted by Gasteiger charge is 2.27. The van der Waals surface area contributed by atoms with Gasteiger partial charge >= 0.3 is 6.03 Å². The van der Waals surface area contributed by atoms with Crippen LogP contribution in [-0.4, -0.2) is 55.1 Å². The largest absolute Gasteiger partial charge is 0.341 e. The topological polar surface area (TPSA) is 35.6 Å². The van der Waals surface area contributed by atoms with Crippen LogP contribution in [0, 0.1) is 0 Å². The fourth-order valence-corrected chi connectivity index (χ4v) is 2.70. The number of piperidine rings is 1. The molecule has 0 unspecified atom stereocenters. The van der Waals surface area contributed by atoms with Crippen molar-refractivity contribution in [2.24, 2.45) is 0 Å². The predicted octanol–water partition coefficient (Wildman–Crippen LogP) is 0.886. The molecule has 0 aromatic heterocycles. The molecule has 2 aliphatic rings. The number of carbonyl (C=O) groups excluding carboxylic acids is 1. The monoisotopic (exact) mass is 211 g/mol. The Morgan fingerprint density at radius 3 is 2.27 bits per heavy atom. The minimum atomic E-state index is 0.0786. The van der Waals surface area contributed by atoms with E-state index in [1.165, 1.54) is 25.9 Å². The van der Waals surface area contributed by atoms with E-state index in [1.54, 1.807) is 7.05 Å². The van der Waals surface area contributed by atoms with Gasteiger partial charge in [-0.3, -0.25) is 0 Å². The average molecular weight is 211 g/mol. The number of urea groups is 1. The van der Waals surface area contributed by atoms with Crippen molar-refractivity contribution in [3.63, 3.8) is 0 Å². The zero-order chi connectivity index (χ0) is 10.7. The molecule has 4 nitrogen and oxygen atoms in total. The van der Waals surface area contributed by atoms with Crippen molar-refractivity contribution in [1.82, 2.24) is 15.1 Å². The molecule has 2 rings (SSSR count). The van der Waals surface area contributed by atoms with Gasteiger partial charge in [0, 0.05) is 26.2 Å². The summed E-state index contributed by atoms with van der Waals surface area (Å²) in [6, 6.07) is 0.809. The summed E-state index contributed by atoms with van der Waals surface area (Å²) in [4.78, 5) is 15.9. The minimum Gasteiger partial charge on any atom is -0.341 e. The summed E-state index contributed by atoms with van der Waals surface area (Å²) in [6.07, 6.45) is 5.01. The number of amides is 2. The first-order valence-electron chi connectivity index (χ1n) is 6.02. The Kier molecular flexibility index (Phi) is 3.46. The van der Waals surface area contributed by atoms with Crippen molar-refractivity contribution in [3.8, 4) is 0 Å². The van der Waals surface area contributed by atoms with Crippen LogP contribution in [0.2, 0.25) is 0 Å². The van der Waals surface area contributed by atoms with Crippen molar-refractivity contribution < 1.29 is 4.79 Å². The van der Waals surface area contributed by atoms with Gasteiger partial charge in [-0.1, -0.05) is 0 Å². The van der Waals surface area contributed by atoms with Gasteiger partial charge < -0.3 is 15.1 Å². The summed E-state index contributed by atoms with van der Waals surface area (Å²) < 4.78 is 0. The molecule has 1 N–H and O–H groups in total. The van der Waals surface area contributed by atoms with Crippen molar-refractivity contribution in [3.05, 3.63) is 0 Å². The van der Waals surface area contributed by atoms with Gasteiger partial charge in [0.2, 0.25) is 0 Å². The molecule has 0 radical (unpaired) electrons. The normalized spacial score (nSPS) is 24.5. The first-order chi connectivity index (χ1) is 7.31. The van der Waals surface area contributed by atoms with Crippen LogP contribution in [0.1, 0.15) is 25.7 Å². The third-order valence-electron chi connectivity index (χ3n) is 3.62. The Hall–Kier alpha value is -0.770. The smallest absolute Gasteiger partial charge is 0.317 e. The van der Waals surface area contributed by atoms with Gasteiger partial charge in [0.1, 0.15) is 0 Å². The molecule has 2 heterocycles. The molecule has 0 saturated carbocycles. The molecule has 0 spiro atoms. The molecular weight excluding hydrogens is 190 g/mol. The van der Waals surface area contributed by atoms with Crippen molar-refractivity contribution in [1.29, 1.82) is 0 Å². The Labute approximate surface area is 91.6 Å². The van der Waals surface area contributed by atoms with E-state index in [1.807, 2.05) is 4.90 Å². The van der Waals surface area contributed by atoms with Gasteiger partial charge in [-0.25, -0.2) is 4.79 Å². The number of hydrogen-bond donors (Lipinski definition) is 1. The summed E-state index contributed by atoms with van der Waals surface area (Å²) in [6.45, 7) is 4.37. The second-order valence-electron chi connectivity index (χ2n) is 4.52. The van der Waals surface area contributed by atoms with Gasteiger partial charge in [0.05, 0.1) is 0 Å². The summed E-state index contributed by atoms with van der Waals surface area (Å²) in [7, 11) is 1.70. The SMILES string of the molecule is CNC(=O)N1CCC(N2CCCC2)CC1. The second kappa shape index (κ2) is 4.84. The van der Waals surface area contributed by atoms with Crippen LogP contribution in [-0.2, 0) is 0 Å². The molecule has 0 atom stereocenters. The van der Waals surface area contributed by atoms with Crippen LogP contribution >= 0.6 is 0 Å². The van der Waals surface area contributed by atoms with Crippen LogP contribution in [0.15, 0.2) is 0 Å². The van der Waals surface area contributed by atoms with E-state index in [4.69, 9.17) is 0 Å². The Morgan fingerprint density at radius 1 is 1.13 bits per heavy atom. The first kappa shape index (κ1) is 10.7. The molecule has 0 aromatic carbocycles. The van der Waals surface area contributed by atoms with Crippen molar-refractivity contribution in [2.75, 3.05) is 33.2 Å². The highest BCUT2D eigenvalue weighted by Crippen LogP contribution is 2.20. The van der Waals surface area contributed by atoms with Crippen LogP contribution in [0.25, 0.3) is 0 Å². The van der Waals surface area contributed by atoms with E-state index in [9.17, 15) is 4.79 Å². The molecular formula is C11H21N3O. The maximum atomic E-state index is 11.4.